The van der Waals surface area contributed by atoms with Gasteiger partial charge in [0.2, 0.25) is 5.91 Å². The minimum Gasteiger partial charge on any atom is -0.389 e. The summed E-state index contributed by atoms with van der Waals surface area (Å²) in [6.45, 7) is 4.16. The first kappa shape index (κ1) is 13.1. The predicted octanol–water partition coefficient (Wildman–Crippen LogP) is 2.10. The first-order chi connectivity index (χ1) is 8.56. The summed E-state index contributed by atoms with van der Waals surface area (Å²) < 4.78 is 5.39. The topological polar surface area (TPSA) is 58.6 Å². The number of carbonyl (C=O) groups excluding carboxylic acids is 1. The number of benzene rings is 1. The van der Waals surface area contributed by atoms with E-state index in [0.717, 1.165) is 17.7 Å². The van der Waals surface area contributed by atoms with E-state index in [0.29, 0.717) is 6.61 Å². The Labute approximate surface area is 107 Å². The fourth-order valence-corrected chi connectivity index (χ4v) is 2.12. The highest BCUT2D eigenvalue weighted by molar-refractivity contribution is 5.92. The summed E-state index contributed by atoms with van der Waals surface area (Å²) in [5.41, 5.74) is 1.52. The second-order valence-electron chi connectivity index (χ2n) is 4.87. The van der Waals surface area contributed by atoms with Crippen molar-refractivity contribution in [2.24, 2.45) is 5.92 Å². The number of hydrogen-bond acceptors (Lipinski definition) is 3. The minimum atomic E-state index is -0.531. The molecule has 0 saturated carbocycles. The maximum atomic E-state index is 12.0. The van der Waals surface area contributed by atoms with E-state index in [-0.39, 0.29) is 17.9 Å². The van der Waals surface area contributed by atoms with E-state index in [1.807, 2.05) is 25.1 Å². The minimum absolute atomic E-state index is 0.0120. The fraction of sp³-hybridized carbons (Fsp3) is 0.500. The standard InChI is InChI=1S/C14H19NO3/c1-9-6-12(8-18-9)14(17)15-13-5-3-4-11(7-13)10(2)16/h3-5,7,9-10,12,16H,6,8H2,1-2H3,(H,15,17). The average molecular weight is 249 g/mol. The van der Waals surface area contributed by atoms with Gasteiger partial charge in [-0.2, -0.15) is 0 Å². The normalized spacial score (nSPS) is 24.8. The second kappa shape index (κ2) is 5.50. The molecule has 1 aliphatic rings. The van der Waals surface area contributed by atoms with Gasteiger partial charge in [-0.3, -0.25) is 4.79 Å². The Bertz CT molecular complexity index is 431. The molecule has 1 saturated heterocycles. The van der Waals surface area contributed by atoms with Crippen molar-refractivity contribution >= 4 is 11.6 Å². The van der Waals surface area contributed by atoms with Gasteiger partial charge in [-0.25, -0.2) is 0 Å². The van der Waals surface area contributed by atoms with Crippen molar-refractivity contribution in [3.05, 3.63) is 29.8 Å². The van der Waals surface area contributed by atoms with Crippen LogP contribution in [0, 0.1) is 5.92 Å². The van der Waals surface area contributed by atoms with Crippen molar-refractivity contribution in [3.8, 4) is 0 Å². The molecule has 0 aliphatic carbocycles. The molecule has 2 N–H and O–H groups in total. The molecule has 1 amide bonds. The van der Waals surface area contributed by atoms with Crippen LogP contribution in [0.1, 0.15) is 31.9 Å². The number of nitrogens with one attached hydrogen (secondary N) is 1. The van der Waals surface area contributed by atoms with Crippen molar-refractivity contribution in [2.45, 2.75) is 32.5 Å². The molecule has 1 fully saturated rings. The first-order valence-electron chi connectivity index (χ1n) is 6.26. The molecule has 4 heteroatoms. The number of carbonyl (C=O) groups is 1. The number of aliphatic hydroxyl groups is 1. The van der Waals surface area contributed by atoms with Gasteiger partial charge in [0, 0.05) is 5.69 Å². The lowest BCUT2D eigenvalue weighted by Crippen LogP contribution is -2.23. The summed E-state index contributed by atoms with van der Waals surface area (Å²) >= 11 is 0. The molecule has 0 bridgehead atoms. The molecule has 98 valence electrons. The van der Waals surface area contributed by atoms with E-state index in [2.05, 4.69) is 5.32 Å². The van der Waals surface area contributed by atoms with Crippen LogP contribution in [0.15, 0.2) is 24.3 Å². The lowest BCUT2D eigenvalue weighted by atomic mass is 10.0. The zero-order chi connectivity index (χ0) is 13.1. The molecule has 0 spiro atoms. The monoisotopic (exact) mass is 249 g/mol. The van der Waals surface area contributed by atoms with E-state index >= 15 is 0 Å². The van der Waals surface area contributed by atoms with Crippen molar-refractivity contribution in [1.29, 1.82) is 0 Å². The van der Waals surface area contributed by atoms with Gasteiger partial charge >= 0.3 is 0 Å². The Kier molecular flexibility index (Phi) is 3.99. The second-order valence-corrected chi connectivity index (χ2v) is 4.87. The fourth-order valence-electron chi connectivity index (χ4n) is 2.12. The summed E-state index contributed by atoms with van der Waals surface area (Å²) in [4.78, 5) is 12.0. The van der Waals surface area contributed by atoms with E-state index in [1.165, 1.54) is 0 Å². The Morgan fingerprint density at radius 3 is 2.94 bits per heavy atom. The Morgan fingerprint density at radius 1 is 1.56 bits per heavy atom. The van der Waals surface area contributed by atoms with E-state index in [1.54, 1.807) is 13.0 Å². The highest BCUT2D eigenvalue weighted by Gasteiger charge is 2.28. The van der Waals surface area contributed by atoms with Crippen LogP contribution in [0.5, 0.6) is 0 Å². The molecule has 2 rings (SSSR count). The maximum Gasteiger partial charge on any atom is 0.229 e. The van der Waals surface area contributed by atoms with Gasteiger partial charge in [0.15, 0.2) is 0 Å². The Hall–Kier alpha value is -1.39. The van der Waals surface area contributed by atoms with Gasteiger partial charge in [0.05, 0.1) is 24.7 Å². The highest BCUT2D eigenvalue weighted by atomic mass is 16.5. The third-order valence-corrected chi connectivity index (χ3v) is 3.21. The number of rotatable bonds is 3. The van der Waals surface area contributed by atoms with Crippen LogP contribution in [-0.4, -0.2) is 23.7 Å². The third-order valence-electron chi connectivity index (χ3n) is 3.21. The highest BCUT2D eigenvalue weighted by Crippen LogP contribution is 2.22. The lowest BCUT2D eigenvalue weighted by molar-refractivity contribution is -0.119. The van der Waals surface area contributed by atoms with E-state index in [4.69, 9.17) is 4.74 Å². The number of anilines is 1. The summed E-state index contributed by atoms with van der Waals surface area (Å²) in [6.07, 6.45) is 0.392. The van der Waals surface area contributed by atoms with Gasteiger partial charge in [-0.1, -0.05) is 12.1 Å². The van der Waals surface area contributed by atoms with Crippen LogP contribution in [0.4, 0.5) is 5.69 Å². The van der Waals surface area contributed by atoms with Gasteiger partial charge in [0.25, 0.3) is 0 Å². The van der Waals surface area contributed by atoms with E-state index in [9.17, 15) is 9.90 Å². The van der Waals surface area contributed by atoms with Crippen LogP contribution in [0.3, 0.4) is 0 Å². The molecule has 1 aromatic carbocycles. The average Bonchev–Trinajstić information content (AvgIpc) is 2.76. The summed E-state index contributed by atoms with van der Waals surface area (Å²) in [7, 11) is 0. The molecule has 1 aliphatic heterocycles. The Balaban J connectivity index is 2.00. The van der Waals surface area contributed by atoms with Crippen LogP contribution < -0.4 is 5.32 Å². The van der Waals surface area contributed by atoms with Gasteiger partial charge in [-0.05, 0) is 38.0 Å². The van der Waals surface area contributed by atoms with Gasteiger partial charge in [-0.15, -0.1) is 0 Å². The molecule has 3 atom stereocenters. The zero-order valence-corrected chi connectivity index (χ0v) is 10.7. The molecule has 0 aromatic heterocycles. The van der Waals surface area contributed by atoms with E-state index < -0.39 is 6.10 Å². The molecule has 0 radical (unpaired) electrons. The molecule has 1 aromatic rings. The summed E-state index contributed by atoms with van der Waals surface area (Å²) in [6, 6.07) is 7.28. The smallest absolute Gasteiger partial charge is 0.229 e. The zero-order valence-electron chi connectivity index (χ0n) is 10.7. The first-order valence-corrected chi connectivity index (χ1v) is 6.26. The van der Waals surface area contributed by atoms with Gasteiger partial charge in [0.1, 0.15) is 0 Å². The number of amides is 1. The van der Waals surface area contributed by atoms with Crippen LogP contribution in [0.2, 0.25) is 0 Å². The number of hydrogen-bond donors (Lipinski definition) is 2. The SMILES string of the molecule is CC1CC(C(=O)Nc2cccc(C(C)O)c2)CO1. The Morgan fingerprint density at radius 2 is 2.33 bits per heavy atom. The van der Waals surface area contributed by atoms with Crippen LogP contribution in [0.25, 0.3) is 0 Å². The molecular formula is C14H19NO3. The van der Waals surface area contributed by atoms with Crippen LogP contribution in [-0.2, 0) is 9.53 Å². The molecule has 18 heavy (non-hydrogen) atoms. The molecule has 4 nitrogen and oxygen atoms in total. The van der Waals surface area contributed by atoms with Crippen molar-refractivity contribution in [2.75, 3.05) is 11.9 Å². The molecular weight excluding hydrogens is 230 g/mol. The van der Waals surface area contributed by atoms with Crippen molar-refractivity contribution in [3.63, 3.8) is 0 Å². The largest absolute Gasteiger partial charge is 0.389 e. The maximum absolute atomic E-state index is 12.0. The number of aliphatic hydroxyl groups excluding tert-OH is 1. The predicted molar refractivity (Wildman–Crippen MR) is 69.2 cm³/mol. The summed E-state index contributed by atoms with van der Waals surface area (Å²) in [5, 5.41) is 12.4. The number of ether oxygens (including phenoxy) is 1. The van der Waals surface area contributed by atoms with Gasteiger partial charge < -0.3 is 15.2 Å². The van der Waals surface area contributed by atoms with Crippen LogP contribution >= 0.6 is 0 Å². The lowest BCUT2D eigenvalue weighted by Gasteiger charge is -2.11. The van der Waals surface area contributed by atoms with Crippen molar-refractivity contribution < 1.29 is 14.6 Å². The third kappa shape index (κ3) is 3.09. The molecule has 1 heterocycles. The van der Waals surface area contributed by atoms with Crippen molar-refractivity contribution in [1.82, 2.24) is 0 Å². The molecule has 3 unspecified atom stereocenters. The quantitative estimate of drug-likeness (QED) is 0.862. The summed E-state index contributed by atoms with van der Waals surface area (Å²) in [5.74, 6) is -0.0858.